The SMILES string of the molecule is CC(CNC(=O)C1(N)CCCCC1)Oc1ccccc1Cl.Cl. The van der Waals surface area contributed by atoms with Crippen molar-refractivity contribution in [3.63, 3.8) is 0 Å². The Morgan fingerprint density at radius 2 is 2.00 bits per heavy atom. The fourth-order valence-electron chi connectivity index (χ4n) is 2.62. The summed E-state index contributed by atoms with van der Waals surface area (Å²) in [5.74, 6) is 0.554. The third-order valence-corrected chi connectivity index (χ3v) is 4.23. The van der Waals surface area contributed by atoms with E-state index in [2.05, 4.69) is 5.32 Å². The summed E-state index contributed by atoms with van der Waals surface area (Å²) < 4.78 is 5.73. The van der Waals surface area contributed by atoms with Crippen molar-refractivity contribution >= 4 is 29.9 Å². The van der Waals surface area contributed by atoms with Gasteiger partial charge in [0.1, 0.15) is 11.9 Å². The van der Waals surface area contributed by atoms with Crippen LogP contribution in [0.25, 0.3) is 0 Å². The summed E-state index contributed by atoms with van der Waals surface area (Å²) in [7, 11) is 0. The van der Waals surface area contributed by atoms with Crippen molar-refractivity contribution < 1.29 is 9.53 Å². The molecule has 0 bridgehead atoms. The smallest absolute Gasteiger partial charge is 0.240 e. The lowest BCUT2D eigenvalue weighted by molar-refractivity contribution is -0.127. The molecular formula is C16H24Cl2N2O2. The lowest BCUT2D eigenvalue weighted by Gasteiger charge is -2.32. The van der Waals surface area contributed by atoms with Gasteiger partial charge in [0.2, 0.25) is 5.91 Å². The molecule has 1 amide bonds. The van der Waals surface area contributed by atoms with Crippen LogP contribution in [0.3, 0.4) is 0 Å². The Balaban J connectivity index is 0.00000242. The fraction of sp³-hybridized carbons (Fsp3) is 0.562. The van der Waals surface area contributed by atoms with Crippen LogP contribution in [-0.4, -0.2) is 24.1 Å². The van der Waals surface area contributed by atoms with E-state index in [-0.39, 0.29) is 24.4 Å². The number of carbonyl (C=O) groups excluding carboxylic acids is 1. The molecule has 1 aromatic rings. The van der Waals surface area contributed by atoms with Crippen LogP contribution < -0.4 is 15.8 Å². The predicted octanol–water partition coefficient (Wildman–Crippen LogP) is 3.31. The molecule has 0 saturated heterocycles. The van der Waals surface area contributed by atoms with Crippen LogP contribution in [0.4, 0.5) is 0 Å². The molecule has 1 unspecified atom stereocenters. The summed E-state index contributed by atoms with van der Waals surface area (Å²) in [5.41, 5.74) is 5.49. The molecule has 1 saturated carbocycles. The third kappa shape index (κ3) is 5.04. The molecule has 4 nitrogen and oxygen atoms in total. The Morgan fingerprint density at radius 1 is 1.36 bits per heavy atom. The Kier molecular flexibility index (Phi) is 7.46. The molecule has 0 aliphatic heterocycles. The molecule has 0 heterocycles. The molecule has 1 aromatic carbocycles. The van der Waals surface area contributed by atoms with E-state index >= 15 is 0 Å². The number of nitrogens with one attached hydrogen (secondary N) is 1. The van der Waals surface area contributed by atoms with E-state index in [0.29, 0.717) is 17.3 Å². The van der Waals surface area contributed by atoms with Crippen LogP contribution in [0, 0.1) is 0 Å². The first-order chi connectivity index (χ1) is 10.0. The van der Waals surface area contributed by atoms with E-state index in [1.54, 1.807) is 6.07 Å². The van der Waals surface area contributed by atoms with Crippen LogP contribution in [0.15, 0.2) is 24.3 Å². The normalized spacial score (nSPS) is 18.0. The third-order valence-electron chi connectivity index (χ3n) is 3.91. The van der Waals surface area contributed by atoms with E-state index in [9.17, 15) is 4.79 Å². The summed E-state index contributed by atoms with van der Waals surface area (Å²) in [4.78, 5) is 12.2. The second-order valence-corrected chi connectivity index (χ2v) is 6.19. The number of hydrogen-bond acceptors (Lipinski definition) is 3. The molecule has 2 rings (SSSR count). The maximum atomic E-state index is 12.2. The predicted molar refractivity (Wildman–Crippen MR) is 91.8 cm³/mol. The quantitative estimate of drug-likeness (QED) is 0.859. The van der Waals surface area contributed by atoms with E-state index in [1.165, 1.54) is 0 Å². The van der Waals surface area contributed by atoms with E-state index < -0.39 is 5.54 Å². The highest BCUT2D eigenvalue weighted by molar-refractivity contribution is 6.32. The number of benzene rings is 1. The molecular weight excluding hydrogens is 323 g/mol. The lowest BCUT2D eigenvalue weighted by Crippen LogP contribution is -2.56. The number of hydrogen-bond donors (Lipinski definition) is 2. The van der Waals surface area contributed by atoms with Crippen molar-refractivity contribution in [1.82, 2.24) is 5.32 Å². The number of halogens is 2. The van der Waals surface area contributed by atoms with Gasteiger partial charge in [-0.3, -0.25) is 4.79 Å². The molecule has 0 radical (unpaired) electrons. The van der Waals surface area contributed by atoms with Gasteiger partial charge in [0.05, 0.1) is 17.1 Å². The highest BCUT2D eigenvalue weighted by Gasteiger charge is 2.35. The van der Waals surface area contributed by atoms with Crippen molar-refractivity contribution in [2.24, 2.45) is 5.73 Å². The minimum Gasteiger partial charge on any atom is -0.487 e. The van der Waals surface area contributed by atoms with Crippen LogP contribution in [0.2, 0.25) is 5.02 Å². The summed E-state index contributed by atoms with van der Waals surface area (Å²) >= 11 is 6.04. The number of amides is 1. The summed E-state index contributed by atoms with van der Waals surface area (Å²) in [6, 6.07) is 7.30. The van der Waals surface area contributed by atoms with Gasteiger partial charge in [-0.25, -0.2) is 0 Å². The maximum Gasteiger partial charge on any atom is 0.240 e. The van der Waals surface area contributed by atoms with Gasteiger partial charge in [0.15, 0.2) is 0 Å². The number of carbonyl (C=O) groups is 1. The second-order valence-electron chi connectivity index (χ2n) is 5.79. The Bertz CT molecular complexity index is 491. The zero-order valence-electron chi connectivity index (χ0n) is 12.8. The van der Waals surface area contributed by atoms with E-state index in [0.717, 1.165) is 32.1 Å². The maximum absolute atomic E-state index is 12.2. The van der Waals surface area contributed by atoms with Gasteiger partial charge in [-0.15, -0.1) is 12.4 Å². The van der Waals surface area contributed by atoms with Gasteiger partial charge >= 0.3 is 0 Å². The van der Waals surface area contributed by atoms with Gasteiger partial charge in [-0.1, -0.05) is 43.0 Å². The molecule has 1 atom stereocenters. The average molecular weight is 347 g/mol. The minimum absolute atomic E-state index is 0. The highest BCUT2D eigenvalue weighted by Crippen LogP contribution is 2.26. The highest BCUT2D eigenvalue weighted by atomic mass is 35.5. The topological polar surface area (TPSA) is 64.4 Å². The zero-order chi connectivity index (χ0) is 15.3. The molecule has 1 aliphatic rings. The van der Waals surface area contributed by atoms with Gasteiger partial charge in [-0.2, -0.15) is 0 Å². The first-order valence-electron chi connectivity index (χ1n) is 7.50. The van der Waals surface area contributed by atoms with Crippen molar-refractivity contribution in [3.05, 3.63) is 29.3 Å². The first-order valence-corrected chi connectivity index (χ1v) is 7.87. The molecule has 1 fully saturated rings. The summed E-state index contributed by atoms with van der Waals surface area (Å²) in [6.45, 7) is 2.32. The summed E-state index contributed by atoms with van der Waals surface area (Å²) in [6.07, 6.45) is 4.57. The zero-order valence-corrected chi connectivity index (χ0v) is 14.4. The van der Waals surface area contributed by atoms with Crippen molar-refractivity contribution in [2.75, 3.05) is 6.54 Å². The fourth-order valence-corrected chi connectivity index (χ4v) is 2.80. The molecule has 0 spiro atoms. The van der Waals surface area contributed by atoms with Crippen LogP contribution in [0.5, 0.6) is 5.75 Å². The Morgan fingerprint density at radius 3 is 2.64 bits per heavy atom. The number of para-hydroxylation sites is 1. The number of rotatable bonds is 5. The molecule has 0 aromatic heterocycles. The van der Waals surface area contributed by atoms with E-state index in [4.69, 9.17) is 22.1 Å². The number of ether oxygens (including phenoxy) is 1. The van der Waals surface area contributed by atoms with Gasteiger partial charge in [0.25, 0.3) is 0 Å². The van der Waals surface area contributed by atoms with Gasteiger partial charge < -0.3 is 15.8 Å². The lowest BCUT2D eigenvalue weighted by atomic mass is 9.82. The molecule has 3 N–H and O–H groups in total. The van der Waals surface area contributed by atoms with Crippen LogP contribution in [-0.2, 0) is 4.79 Å². The van der Waals surface area contributed by atoms with Gasteiger partial charge in [0, 0.05) is 0 Å². The Hall–Kier alpha value is -0.970. The van der Waals surface area contributed by atoms with E-state index in [1.807, 2.05) is 25.1 Å². The monoisotopic (exact) mass is 346 g/mol. The van der Waals surface area contributed by atoms with Gasteiger partial charge in [-0.05, 0) is 31.9 Å². The molecule has 1 aliphatic carbocycles. The first kappa shape index (κ1) is 19.1. The molecule has 124 valence electrons. The molecule has 6 heteroatoms. The number of nitrogens with two attached hydrogens (primary N) is 1. The molecule has 22 heavy (non-hydrogen) atoms. The summed E-state index contributed by atoms with van der Waals surface area (Å²) in [5, 5.41) is 3.47. The standard InChI is InChI=1S/C16H23ClN2O2.ClH/c1-12(21-14-8-4-3-7-13(14)17)11-19-15(20)16(18)9-5-2-6-10-16;/h3-4,7-8,12H,2,5-6,9-11,18H2,1H3,(H,19,20);1H. The largest absolute Gasteiger partial charge is 0.487 e. The average Bonchev–Trinajstić information content (AvgIpc) is 2.48. The minimum atomic E-state index is -0.706. The van der Waals surface area contributed by atoms with Crippen molar-refractivity contribution in [1.29, 1.82) is 0 Å². The van der Waals surface area contributed by atoms with Crippen LogP contribution in [0.1, 0.15) is 39.0 Å². The Labute approximate surface area is 143 Å². The second kappa shape index (κ2) is 8.61. The van der Waals surface area contributed by atoms with Crippen molar-refractivity contribution in [3.8, 4) is 5.75 Å². The van der Waals surface area contributed by atoms with Crippen molar-refractivity contribution in [2.45, 2.75) is 50.7 Å². The van der Waals surface area contributed by atoms with Crippen LogP contribution >= 0.6 is 24.0 Å².